The molecule has 2 fully saturated rings. The highest BCUT2D eigenvalue weighted by Gasteiger charge is 2.42. The average molecular weight is 412 g/mol. The van der Waals surface area contributed by atoms with Crippen molar-refractivity contribution in [2.75, 3.05) is 33.3 Å². The highest BCUT2D eigenvalue weighted by atomic mass is 35.5. The van der Waals surface area contributed by atoms with Crippen molar-refractivity contribution in [1.29, 1.82) is 0 Å². The number of hydrogen-bond donors (Lipinski definition) is 2. The second-order valence-electron chi connectivity index (χ2n) is 7.73. The van der Waals surface area contributed by atoms with E-state index in [2.05, 4.69) is 24.1 Å². The topological polar surface area (TPSA) is 67.6 Å². The molecular weight excluding hydrogens is 373 g/mol. The Morgan fingerprint density at radius 1 is 1.19 bits per heavy atom. The third kappa shape index (κ3) is 5.48. The van der Waals surface area contributed by atoms with Gasteiger partial charge in [-0.1, -0.05) is 26.7 Å². The second kappa shape index (κ2) is 11.7. The summed E-state index contributed by atoms with van der Waals surface area (Å²) in [5, 5.41) is 3.29. The number of rotatable bonds is 8. The zero-order chi connectivity index (χ0) is 17.6. The lowest BCUT2D eigenvalue weighted by molar-refractivity contribution is -0.132. The normalized spacial score (nSPS) is 20.9. The van der Waals surface area contributed by atoms with Crippen LogP contribution in [0, 0.1) is 5.41 Å². The molecule has 1 amide bonds. The molecule has 1 aliphatic carbocycles. The Morgan fingerprint density at radius 2 is 1.73 bits per heavy atom. The van der Waals surface area contributed by atoms with Gasteiger partial charge in [0.05, 0.1) is 11.5 Å². The SMILES string of the molecule is CCC(CC)(CN)C(=O)NCC1(N2CCC(OC)CC2)CCCC1.Cl.Cl. The van der Waals surface area contributed by atoms with Crippen LogP contribution in [0.25, 0.3) is 0 Å². The summed E-state index contributed by atoms with van der Waals surface area (Å²) in [7, 11) is 1.81. The van der Waals surface area contributed by atoms with Crippen molar-refractivity contribution >= 4 is 30.7 Å². The molecule has 0 unspecified atom stereocenters. The maximum atomic E-state index is 12.8. The average Bonchev–Trinajstić information content (AvgIpc) is 3.12. The molecule has 2 rings (SSSR count). The number of nitrogens with zero attached hydrogens (tertiary/aromatic N) is 1. The van der Waals surface area contributed by atoms with Crippen LogP contribution in [0.5, 0.6) is 0 Å². The second-order valence-corrected chi connectivity index (χ2v) is 7.73. The fraction of sp³-hybridized carbons (Fsp3) is 0.947. The Bertz CT molecular complexity index is 397. The van der Waals surface area contributed by atoms with Crippen molar-refractivity contribution < 1.29 is 9.53 Å². The summed E-state index contributed by atoms with van der Waals surface area (Å²) in [6, 6.07) is 0. The molecule has 0 aromatic rings. The Labute approximate surface area is 172 Å². The van der Waals surface area contributed by atoms with Crippen molar-refractivity contribution in [3.63, 3.8) is 0 Å². The lowest BCUT2D eigenvalue weighted by Crippen LogP contribution is -2.58. The van der Waals surface area contributed by atoms with Crippen LogP contribution in [-0.4, -0.2) is 55.7 Å². The number of nitrogens with one attached hydrogen (secondary N) is 1. The van der Waals surface area contributed by atoms with Gasteiger partial charge in [-0.25, -0.2) is 0 Å². The van der Waals surface area contributed by atoms with Gasteiger partial charge in [-0.05, 0) is 38.5 Å². The summed E-state index contributed by atoms with van der Waals surface area (Å²) >= 11 is 0. The first kappa shape index (κ1) is 25.9. The van der Waals surface area contributed by atoms with Crippen molar-refractivity contribution in [2.45, 2.75) is 76.9 Å². The number of halogens is 2. The van der Waals surface area contributed by atoms with Crippen LogP contribution in [0.15, 0.2) is 0 Å². The molecule has 0 spiro atoms. The largest absolute Gasteiger partial charge is 0.381 e. The first-order chi connectivity index (χ1) is 11.6. The van der Waals surface area contributed by atoms with Gasteiger partial charge < -0.3 is 15.8 Å². The number of piperidine rings is 1. The van der Waals surface area contributed by atoms with Crippen molar-refractivity contribution in [3.05, 3.63) is 0 Å². The first-order valence-electron chi connectivity index (χ1n) is 9.82. The molecule has 1 saturated carbocycles. The van der Waals surface area contributed by atoms with Crippen molar-refractivity contribution in [1.82, 2.24) is 10.2 Å². The number of amides is 1. The number of nitrogens with two attached hydrogens (primary N) is 1. The van der Waals surface area contributed by atoms with E-state index in [0.717, 1.165) is 45.3 Å². The molecule has 3 N–H and O–H groups in total. The molecule has 1 heterocycles. The van der Waals surface area contributed by atoms with E-state index < -0.39 is 5.41 Å². The molecule has 1 saturated heterocycles. The number of ether oxygens (including phenoxy) is 1. The van der Waals surface area contributed by atoms with E-state index in [0.29, 0.717) is 12.6 Å². The Kier molecular flexibility index (Phi) is 11.7. The molecule has 0 aromatic carbocycles. The third-order valence-corrected chi connectivity index (χ3v) is 6.78. The molecule has 0 atom stereocenters. The molecule has 7 heteroatoms. The lowest BCUT2D eigenvalue weighted by Gasteiger charge is -2.45. The lowest BCUT2D eigenvalue weighted by atomic mass is 9.81. The Morgan fingerprint density at radius 3 is 2.15 bits per heavy atom. The van der Waals surface area contributed by atoms with Crippen molar-refractivity contribution in [2.24, 2.45) is 11.1 Å². The van der Waals surface area contributed by atoms with E-state index in [1.54, 1.807) is 0 Å². The minimum atomic E-state index is -0.400. The molecule has 0 aromatic heterocycles. The highest BCUT2D eigenvalue weighted by Crippen LogP contribution is 2.37. The van der Waals surface area contributed by atoms with Crippen LogP contribution >= 0.6 is 24.8 Å². The number of carbonyl (C=O) groups is 1. The van der Waals surface area contributed by atoms with Gasteiger partial charge in [-0.15, -0.1) is 24.8 Å². The van der Waals surface area contributed by atoms with Crippen LogP contribution in [0.1, 0.15) is 65.2 Å². The van der Waals surface area contributed by atoms with Crippen LogP contribution in [0.3, 0.4) is 0 Å². The fourth-order valence-electron chi connectivity index (χ4n) is 4.59. The van der Waals surface area contributed by atoms with Gasteiger partial charge in [-0.3, -0.25) is 9.69 Å². The van der Waals surface area contributed by atoms with Gasteiger partial charge in [-0.2, -0.15) is 0 Å². The van der Waals surface area contributed by atoms with E-state index >= 15 is 0 Å². The highest BCUT2D eigenvalue weighted by molar-refractivity contribution is 5.85. The van der Waals surface area contributed by atoms with Crippen molar-refractivity contribution in [3.8, 4) is 0 Å². The monoisotopic (exact) mass is 411 g/mol. The molecule has 1 aliphatic heterocycles. The Hall–Kier alpha value is -0.0700. The van der Waals surface area contributed by atoms with Gasteiger partial charge in [0.1, 0.15) is 0 Å². The quantitative estimate of drug-likeness (QED) is 0.643. The molecular formula is C19H39Cl2N3O2. The zero-order valence-electron chi connectivity index (χ0n) is 16.7. The summed E-state index contributed by atoms with van der Waals surface area (Å²) < 4.78 is 5.51. The van der Waals surface area contributed by atoms with Gasteiger partial charge >= 0.3 is 0 Å². The van der Waals surface area contributed by atoms with E-state index in [-0.39, 0.29) is 36.3 Å². The molecule has 0 bridgehead atoms. The predicted molar refractivity (Wildman–Crippen MR) is 112 cm³/mol. The molecule has 26 heavy (non-hydrogen) atoms. The van der Waals surface area contributed by atoms with E-state index in [9.17, 15) is 4.79 Å². The van der Waals surface area contributed by atoms with Crippen LogP contribution < -0.4 is 11.1 Å². The first-order valence-corrected chi connectivity index (χ1v) is 9.82. The molecule has 0 radical (unpaired) electrons. The van der Waals surface area contributed by atoms with E-state index in [1.807, 2.05) is 7.11 Å². The van der Waals surface area contributed by atoms with Gasteiger partial charge in [0.2, 0.25) is 5.91 Å². The molecule has 5 nitrogen and oxygen atoms in total. The van der Waals surface area contributed by atoms with Crippen LogP contribution in [0.2, 0.25) is 0 Å². The summed E-state index contributed by atoms with van der Waals surface area (Å²) in [6.45, 7) is 7.49. The maximum absolute atomic E-state index is 12.8. The summed E-state index contributed by atoms with van der Waals surface area (Å²) in [4.78, 5) is 15.4. The smallest absolute Gasteiger partial charge is 0.227 e. The fourth-order valence-corrected chi connectivity index (χ4v) is 4.59. The molecule has 156 valence electrons. The number of likely N-dealkylation sites (tertiary alicyclic amines) is 1. The summed E-state index contributed by atoms with van der Waals surface area (Å²) in [5.74, 6) is 0.146. The predicted octanol–water partition coefficient (Wildman–Crippen LogP) is 3.13. The number of methoxy groups -OCH3 is 1. The zero-order valence-corrected chi connectivity index (χ0v) is 18.4. The van der Waals surface area contributed by atoms with E-state index in [4.69, 9.17) is 10.5 Å². The third-order valence-electron chi connectivity index (χ3n) is 6.78. The van der Waals surface area contributed by atoms with Crippen LogP contribution in [0.4, 0.5) is 0 Å². The van der Waals surface area contributed by atoms with Gasteiger partial charge in [0.25, 0.3) is 0 Å². The number of carbonyl (C=O) groups excluding carboxylic acids is 1. The summed E-state index contributed by atoms with van der Waals surface area (Å²) in [6.07, 6.45) is 9.13. The van der Waals surface area contributed by atoms with E-state index in [1.165, 1.54) is 25.7 Å². The van der Waals surface area contributed by atoms with Gasteiger partial charge in [0.15, 0.2) is 0 Å². The Balaban J connectivity index is 0.00000312. The molecule has 2 aliphatic rings. The van der Waals surface area contributed by atoms with Gasteiger partial charge in [0, 0.05) is 38.8 Å². The maximum Gasteiger partial charge on any atom is 0.227 e. The summed E-state index contributed by atoms with van der Waals surface area (Å²) in [5.41, 5.74) is 5.68. The standard InChI is InChI=1S/C19H37N3O2.2ClH/c1-4-18(5-2,14-20)17(23)21-15-19(10-6-7-11-19)22-12-8-16(24-3)9-13-22;;/h16H,4-15,20H2,1-3H3,(H,21,23);2*1H. The minimum Gasteiger partial charge on any atom is -0.381 e. The minimum absolute atomic E-state index is 0. The number of hydrogen-bond acceptors (Lipinski definition) is 4. The van der Waals surface area contributed by atoms with Crippen LogP contribution in [-0.2, 0) is 9.53 Å².